The Morgan fingerprint density at radius 3 is 2.69 bits per heavy atom. The summed E-state index contributed by atoms with van der Waals surface area (Å²) in [4.78, 5) is 26.9. The lowest BCUT2D eigenvalue weighted by atomic mass is 9.73. The predicted octanol–water partition coefficient (Wildman–Crippen LogP) is 4.29. The van der Waals surface area contributed by atoms with E-state index in [2.05, 4.69) is 5.32 Å². The van der Waals surface area contributed by atoms with Gasteiger partial charge in [-0.05, 0) is 48.4 Å². The lowest BCUT2D eigenvalue weighted by Crippen LogP contribution is -2.35. The van der Waals surface area contributed by atoms with Crippen LogP contribution in [0.4, 0.5) is 0 Å². The Bertz CT molecular complexity index is 1020. The van der Waals surface area contributed by atoms with Crippen LogP contribution in [0.15, 0.2) is 64.3 Å². The standard InChI is InChI=1S/C23H23NO4S/c1-13-20(23(26)28-3)22(19-8-5-9-29-19)21-17(24-13)11-15(12-18(21)25)14-6-4-7-16(10-14)27-2/h4-10,15,22,24H,11-12H2,1-3H3. The second-order valence-corrected chi connectivity index (χ2v) is 8.28. The number of carbonyl (C=O) groups excluding carboxylic acids is 2. The van der Waals surface area contributed by atoms with Gasteiger partial charge in [0.1, 0.15) is 5.75 Å². The molecule has 0 amide bonds. The Hall–Kier alpha value is -2.86. The molecule has 2 atom stereocenters. The number of benzene rings is 1. The summed E-state index contributed by atoms with van der Waals surface area (Å²) in [6, 6.07) is 11.8. The monoisotopic (exact) mass is 409 g/mol. The maximum absolute atomic E-state index is 13.3. The molecule has 1 aromatic heterocycles. The second kappa shape index (κ2) is 7.87. The normalized spacial score (nSPS) is 21.6. The van der Waals surface area contributed by atoms with Gasteiger partial charge in [0.2, 0.25) is 0 Å². The van der Waals surface area contributed by atoms with Gasteiger partial charge in [-0.1, -0.05) is 18.2 Å². The van der Waals surface area contributed by atoms with Gasteiger partial charge in [0.05, 0.1) is 25.7 Å². The van der Waals surface area contributed by atoms with Gasteiger partial charge in [-0.25, -0.2) is 4.79 Å². The van der Waals surface area contributed by atoms with E-state index in [1.807, 2.05) is 48.7 Å². The molecule has 2 unspecified atom stereocenters. The van der Waals surface area contributed by atoms with Crippen molar-refractivity contribution in [2.75, 3.05) is 14.2 Å². The van der Waals surface area contributed by atoms with Gasteiger partial charge in [-0.2, -0.15) is 0 Å². The molecule has 2 heterocycles. The fraction of sp³-hybridized carbons (Fsp3) is 0.304. The highest BCUT2D eigenvalue weighted by Crippen LogP contribution is 2.46. The quantitative estimate of drug-likeness (QED) is 0.763. The number of methoxy groups -OCH3 is 2. The zero-order valence-corrected chi connectivity index (χ0v) is 17.5. The van der Waals surface area contributed by atoms with E-state index in [0.717, 1.165) is 27.6 Å². The molecular weight excluding hydrogens is 386 g/mol. The Kier molecular flexibility index (Phi) is 5.28. The lowest BCUT2D eigenvalue weighted by Gasteiger charge is -2.36. The minimum Gasteiger partial charge on any atom is -0.497 e. The van der Waals surface area contributed by atoms with Crippen LogP contribution in [-0.4, -0.2) is 26.0 Å². The second-order valence-electron chi connectivity index (χ2n) is 7.30. The van der Waals surface area contributed by atoms with Crippen molar-refractivity contribution in [2.24, 2.45) is 0 Å². The molecule has 6 heteroatoms. The summed E-state index contributed by atoms with van der Waals surface area (Å²) in [6.45, 7) is 1.87. The molecule has 2 aliphatic rings. The number of carbonyl (C=O) groups is 2. The van der Waals surface area contributed by atoms with Gasteiger partial charge in [0.25, 0.3) is 0 Å². The summed E-state index contributed by atoms with van der Waals surface area (Å²) >= 11 is 1.55. The number of rotatable bonds is 4. The molecule has 0 saturated heterocycles. The first kappa shape index (κ1) is 19.5. The van der Waals surface area contributed by atoms with Gasteiger partial charge < -0.3 is 14.8 Å². The molecule has 1 aliphatic carbocycles. The number of hydrogen-bond donors (Lipinski definition) is 1. The van der Waals surface area contributed by atoms with Crippen molar-refractivity contribution < 1.29 is 19.1 Å². The zero-order valence-electron chi connectivity index (χ0n) is 16.7. The third kappa shape index (κ3) is 3.49. The summed E-state index contributed by atoms with van der Waals surface area (Å²) in [5, 5.41) is 5.31. The van der Waals surface area contributed by atoms with Crippen LogP contribution in [0.3, 0.4) is 0 Å². The van der Waals surface area contributed by atoms with Crippen LogP contribution in [0.5, 0.6) is 5.75 Å². The average molecular weight is 410 g/mol. The van der Waals surface area contributed by atoms with Crippen LogP contribution in [-0.2, 0) is 14.3 Å². The fourth-order valence-corrected chi connectivity index (χ4v) is 5.13. The first-order chi connectivity index (χ1) is 14.0. The molecule has 0 radical (unpaired) electrons. The minimum atomic E-state index is -0.400. The molecule has 4 rings (SSSR count). The highest BCUT2D eigenvalue weighted by atomic mass is 32.1. The number of ketones is 1. The number of ether oxygens (including phenoxy) is 2. The SMILES string of the molecule is COC(=O)C1=C(C)NC2=C(C(=O)CC(c3cccc(OC)c3)C2)C1c1cccs1. The number of allylic oxidation sites excluding steroid dienone is 3. The van der Waals surface area contributed by atoms with Gasteiger partial charge in [0, 0.05) is 28.3 Å². The molecule has 2 aromatic rings. The number of esters is 1. The largest absolute Gasteiger partial charge is 0.497 e. The molecule has 29 heavy (non-hydrogen) atoms. The highest BCUT2D eigenvalue weighted by Gasteiger charge is 2.41. The van der Waals surface area contributed by atoms with E-state index in [1.165, 1.54) is 7.11 Å². The number of hydrogen-bond acceptors (Lipinski definition) is 6. The predicted molar refractivity (Wildman–Crippen MR) is 112 cm³/mol. The summed E-state index contributed by atoms with van der Waals surface area (Å²) < 4.78 is 10.4. The molecule has 150 valence electrons. The number of nitrogens with one attached hydrogen (secondary N) is 1. The maximum Gasteiger partial charge on any atom is 0.336 e. The van der Waals surface area contributed by atoms with Crippen molar-refractivity contribution in [3.63, 3.8) is 0 Å². The Labute approximate surface area is 174 Å². The van der Waals surface area contributed by atoms with Crippen molar-refractivity contribution in [1.29, 1.82) is 0 Å². The van der Waals surface area contributed by atoms with Crippen LogP contribution >= 0.6 is 11.3 Å². The molecule has 0 bridgehead atoms. The summed E-state index contributed by atoms with van der Waals surface area (Å²) in [5.74, 6) is 0.145. The topological polar surface area (TPSA) is 64.6 Å². The third-order valence-corrected chi connectivity index (χ3v) is 6.56. The summed E-state index contributed by atoms with van der Waals surface area (Å²) in [5.41, 5.74) is 3.93. The van der Waals surface area contributed by atoms with Gasteiger partial charge in [-0.3, -0.25) is 4.79 Å². The van der Waals surface area contributed by atoms with E-state index in [9.17, 15) is 9.59 Å². The molecule has 0 fully saturated rings. The molecule has 1 N–H and O–H groups in total. The summed E-state index contributed by atoms with van der Waals surface area (Å²) in [6.07, 6.45) is 1.12. The number of Topliss-reactive ketones (excluding diaryl/α,β-unsaturated/α-hetero) is 1. The van der Waals surface area contributed by atoms with E-state index in [4.69, 9.17) is 9.47 Å². The third-order valence-electron chi connectivity index (χ3n) is 5.63. The molecule has 5 nitrogen and oxygen atoms in total. The first-order valence-corrected chi connectivity index (χ1v) is 10.4. The molecule has 0 spiro atoms. The van der Waals surface area contributed by atoms with E-state index in [-0.39, 0.29) is 17.6 Å². The van der Waals surface area contributed by atoms with Crippen molar-refractivity contribution in [3.8, 4) is 5.75 Å². The van der Waals surface area contributed by atoms with Crippen LogP contribution in [0.2, 0.25) is 0 Å². The van der Waals surface area contributed by atoms with Crippen LogP contribution in [0, 0.1) is 0 Å². The number of dihydropyridines is 1. The van der Waals surface area contributed by atoms with Gasteiger partial charge >= 0.3 is 5.97 Å². The van der Waals surface area contributed by atoms with Gasteiger partial charge in [-0.15, -0.1) is 11.3 Å². The van der Waals surface area contributed by atoms with E-state index in [0.29, 0.717) is 24.0 Å². The Balaban J connectivity index is 1.76. The average Bonchev–Trinajstić information content (AvgIpc) is 3.26. The Morgan fingerprint density at radius 2 is 2.00 bits per heavy atom. The molecular formula is C23H23NO4S. The maximum atomic E-state index is 13.3. The van der Waals surface area contributed by atoms with Crippen molar-refractivity contribution in [1.82, 2.24) is 5.32 Å². The van der Waals surface area contributed by atoms with Crippen molar-refractivity contribution in [2.45, 2.75) is 31.6 Å². The molecule has 0 saturated carbocycles. The van der Waals surface area contributed by atoms with E-state index < -0.39 is 5.97 Å². The minimum absolute atomic E-state index is 0.0684. The Morgan fingerprint density at radius 1 is 1.17 bits per heavy atom. The smallest absolute Gasteiger partial charge is 0.336 e. The van der Waals surface area contributed by atoms with Crippen molar-refractivity contribution >= 4 is 23.1 Å². The lowest BCUT2D eigenvalue weighted by molar-refractivity contribution is -0.136. The van der Waals surface area contributed by atoms with Crippen LogP contribution in [0.25, 0.3) is 0 Å². The van der Waals surface area contributed by atoms with Crippen LogP contribution < -0.4 is 10.1 Å². The van der Waals surface area contributed by atoms with Gasteiger partial charge in [0.15, 0.2) is 5.78 Å². The highest BCUT2D eigenvalue weighted by molar-refractivity contribution is 7.10. The number of thiophene rings is 1. The first-order valence-electron chi connectivity index (χ1n) is 9.53. The molecule has 1 aromatic carbocycles. The van der Waals surface area contributed by atoms with Crippen LogP contribution in [0.1, 0.15) is 42.0 Å². The van der Waals surface area contributed by atoms with Crippen molar-refractivity contribution in [3.05, 3.63) is 74.8 Å². The zero-order chi connectivity index (χ0) is 20.5. The fourth-order valence-electron chi connectivity index (χ4n) is 4.29. The summed E-state index contributed by atoms with van der Waals surface area (Å²) in [7, 11) is 3.02. The van der Waals surface area contributed by atoms with E-state index >= 15 is 0 Å². The molecule has 1 aliphatic heterocycles. The van der Waals surface area contributed by atoms with E-state index in [1.54, 1.807) is 18.4 Å².